The molecule has 0 aliphatic rings. The van der Waals surface area contributed by atoms with Crippen LogP contribution in [0.2, 0.25) is 0 Å². The molecule has 0 saturated heterocycles. The van der Waals surface area contributed by atoms with Gasteiger partial charge in [0.25, 0.3) is 11.8 Å². The predicted molar refractivity (Wildman–Crippen MR) is 114 cm³/mol. The van der Waals surface area contributed by atoms with Crippen LogP contribution in [0.25, 0.3) is 0 Å². The molecule has 156 valence electrons. The van der Waals surface area contributed by atoms with Gasteiger partial charge < -0.3 is 19.9 Å². The van der Waals surface area contributed by atoms with Crippen LogP contribution in [0.1, 0.15) is 46.0 Å². The number of aromatic nitrogens is 1. The third kappa shape index (κ3) is 5.94. The zero-order valence-corrected chi connectivity index (χ0v) is 17.3. The number of ether oxygens (including phenoxy) is 1. The van der Waals surface area contributed by atoms with Crippen molar-refractivity contribution in [2.45, 2.75) is 27.4 Å². The molecule has 0 radical (unpaired) electrons. The fraction of sp³-hybridized carbons (Fsp3) is 0.261. The van der Waals surface area contributed by atoms with Crippen LogP contribution in [-0.4, -0.2) is 23.5 Å². The number of carbonyl (C=O) groups excluding carboxylic acids is 2. The first-order valence-electron chi connectivity index (χ1n) is 9.75. The molecule has 2 aromatic carbocycles. The van der Waals surface area contributed by atoms with Crippen LogP contribution in [0.4, 0.5) is 5.69 Å². The molecule has 0 spiro atoms. The van der Waals surface area contributed by atoms with Crippen LogP contribution < -0.4 is 15.4 Å². The third-order valence-corrected chi connectivity index (χ3v) is 4.24. The average Bonchev–Trinajstić information content (AvgIpc) is 3.20. The van der Waals surface area contributed by atoms with Crippen molar-refractivity contribution in [1.29, 1.82) is 0 Å². The molecular formula is C23H25N3O4. The van der Waals surface area contributed by atoms with Crippen molar-refractivity contribution in [3.05, 3.63) is 77.2 Å². The van der Waals surface area contributed by atoms with E-state index in [9.17, 15) is 9.59 Å². The highest BCUT2D eigenvalue weighted by atomic mass is 16.5. The Balaban J connectivity index is 1.51. The summed E-state index contributed by atoms with van der Waals surface area (Å²) in [4.78, 5) is 24.3. The van der Waals surface area contributed by atoms with Crippen LogP contribution in [0.5, 0.6) is 5.75 Å². The maximum absolute atomic E-state index is 12.3. The van der Waals surface area contributed by atoms with E-state index in [1.165, 1.54) is 0 Å². The maximum Gasteiger partial charge on any atom is 0.273 e. The number of rotatable bonds is 8. The summed E-state index contributed by atoms with van der Waals surface area (Å²) in [6.07, 6.45) is 0. The van der Waals surface area contributed by atoms with Crippen LogP contribution >= 0.6 is 0 Å². The molecular weight excluding hydrogens is 382 g/mol. The molecule has 0 aliphatic heterocycles. The Kier molecular flexibility index (Phi) is 6.85. The summed E-state index contributed by atoms with van der Waals surface area (Å²) in [6.45, 7) is 6.69. The Morgan fingerprint density at radius 2 is 1.83 bits per heavy atom. The van der Waals surface area contributed by atoms with Crippen molar-refractivity contribution in [2.24, 2.45) is 5.92 Å². The summed E-state index contributed by atoms with van der Waals surface area (Å²) in [7, 11) is 0. The SMILES string of the molecule is Cc1cccc(C(=O)Nc2ccc(OCc3cc(C(=O)NCC(C)C)no3)cc2)c1. The molecule has 0 aliphatic carbocycles. The standard InChI is InChI=1S/C23H25N3O4/c1-15(2)13-24-23(28)21-12-20(30-26-21)14-29-19-9-7-18(8-10-19)25-22(27)17-6-4-5-16(3)11-17/h4-12,15H,13-14H2,1-3H3,(H,24,28)(H,25,27). The lowest BCUT2D eigenvalue weighted by atomic mass is 10.1. The highest BCUT2D eigenvalue weighted by Gasteiger charge is 2.13. The number of hydrogen-bond donors (Lipinski definition) is 2. The number of anilines is 1. The lowest BCUT2D eigenvalue weighted by Gasteiger charge is -2.08. The van der Waals surface area contributed by atoms with Gasteiger partial charge in [-0.1, -0.05) is 36.7 Å². The molecule has 0 atom stereocenters. The zero-order chi connectivity index (χ0) is 21.5. The van der Waals surface area contributed by atoms with E-state index in [1.54, 1.807) is 36.4 Å². The van der Waals surface area contributed by atoms with Gasteiger partial charge in [-0.25, -0.2) is 0 Å². The van der Waals surface area contributed by atoms with Gasteiger partial charge in [0, 0.05) is 23.9 Å². The Morgan fingerprint density at radius 3 is 2.53 bits per heavy atom. The molecule has 1 aromatic heterocycles. The molecule has 1 heterocycles. The molecule has 3 rings (SSSR count). The molecule has 0 saturated carbocycles. The fourth-order valence-electron chi connectivity index (χ4n) is 2.65. The van der Waals surface area contributed by atoms with E-state index in [4.69, 9.17) is 9.26 Å². The van der Waals surface area contributed by atoms with Crippen molar-refractivity contribution in [1.82, 2.24) is 10.5 Å². The number of benzene rings is 2. The zero-order valence-electron chi connectivity index (χ0n) is 17.3. The Bertz CT molecular complexity index is 1010. The fourth-order valence-corrected chi connectivity index (χ4v) is 2.65. The molecule has 0 unspecified atom stereocenters. The van der Waals surface area contributed by atoms with Gasteiger partial charge in [-0.05, 0) is 49.2 Å². The minimum absolute atomic E-state index is 0.138. The Labute approximate surface area is 175 Å². The summed E-state index contributed by atoms with van der Waals surface area (Å²) < 4.78 is 10.8. The number of carbonyl (C=O) groups is 2. The van der Waals surface area contributed by atoms with E-state index in [1.807, 2.05) is 39.0 Å². The summed E-state index contributed by atoms with van der Waals surface area (Å²) in [6, 6.07) is 16.0. The summed E-state index contributed by atoms with van der Waals surface area (Å²) in [5.74, 6) is 0.963. The van der Waals surface area contributed by atoms with Crippen molar-refractivity contribution < 1.29 is 18.8 Å². The Hall–Kier alpha value is -3.61. The van der Waals surface area contributed by atoms with E-state index in [-0.39, 0.29) is 24.1 Å². The van der Waals surface area contributed by atoms with Crippen molar-refractivity contribution in [2.75, 3.05) is 11.9 Å². The van der Waals surface area contributed by atoms with Crippen LogP contribution in [0.3, 0.4) is 0 Å². The molecule has 0 fully saturated rings. The van der Waals surface area contributed by atoms with E-state index < -0.39 is 0 Å². The molecule has 0 bridgehead atoms. The quantitative estimate of drug-likeness (QED) is 0.584. The van der Waals surface area contributed by atoms with Crippen LogP contribution in [0, 0.1) is 12.8 Å². The predicted octanol–water partition coefficient (Wildman–Crippen LogP) is 4.20. The van der Waals surface area contributed by atoms with Gasteiger partial charge in [-0.3, -0.25) is 9.59 Å². The van der Waals surface area contributed by atoms with Gasteiger partial charge in [-0.15, -0.1) is 0 Å². The highest BCUT2D eigenvalue weighted by molar-refractivity contribution is 6.04. The molecule has 7 heteroatoms. The van der Waals surface area contributed by atoms with Gasteiger partial charge in [0.05, 0.1) is 0 Å². The van der Waals surface area contributed by atoms with Gasteiger partial charge in [0.15, 0.2) is 11.5 Å². The largest absolute Gasteiger partial charge is 0.486 e. The maximum atomic E-state index is 12.3. The molecule has 2 N–H and O–H groups in total. The first-order valence-corrected chi connectivity index (χ1v) is 9.75. The molecule has 30 heavy (non-hydrogen) atoms. The normalized spacial score (nSPS) is 10.7. The summed E-state index contributed by atoms with van der Waals surface area (Å²) in [5, 5.41) is 9.41. The van der Waals surface area contributed by atoms with Crippen molar-refractivity contribution >= 4 is 17.5 Å². The number of amides is 2. The van der Waals surface area contributed by atoms with E-state index >= 15 is 0 Å². The summed E-state index contributed by atoms with van der Waals surface area (Å²) >= 11 is 0. The van der Waals surface area contributed by atoms with Gasteiger partial charge in [-0.2, -0.15) is 0 Å². The number of nitrogens with zero attached hydrogens (tertiary/aromatic N) is 1. The smallest absolute Gasteiger partial charge is 0.273 e. The van der Waals surface area contributed by atoms with E-state index in [2.05, 4.69) is 15.8 Å². The second-order valence-electron chi connectivity index (χ2n) is 7.42. The first-order chi connectivity index (χ1) is 14.4. The lowest BCUT2D eigenvalue weighted by Crippen LogP contribution is -2.27. The second-order valence-corrected chi connectivity index (χ2v) is 7.42. The van der Waals surface area contributed by atoms with Gasteiger partial charge >= 0.3 is 0 Å². The highest BCUT2D eigenvalue weighted by Crippen LogP contribution is 2.18. The number of nitrogens with one attached hydrogen (secondary N) is 2. The van der Waals surface area contributed by atoms with Crippen molar-refractivity contribution in [3.8, 4) is 5.75 Å². The van der Waals surface area contributed by atoms with Gasteiger partial charge in [0.1, 0.15) is 12.4 Å². The third-order valence-electron chi connectivity index (χ3n) is 4.24. The summed E-state index contributed by atoms with van der Waals surface area (Å²) in [5.41, 5.74) is 2.52. The van der Waals surface area contributed by atoms with Crippen molar-refractivity contribution in [3.63, 3.8) is 0 Å². The number of hydrogen-bond acceptors (Lipinski definition) is 5. The van der Waals surface area contributed by atoms with Gasteiger partial charge in [0.2, 0.25) is 0 Å². The average molecular weight is 407 g/mol. The topological polar surface area (TPSA) is 93.5 Å². The second kappa shape index (κ2) is 9.73. The molecule has 2 amide bonds. The first kappa shape index (κ1) is 21.1. The lowest BCUT2D eigenvalue weighted by molar-refractivity contribution is 0.0939. The number of aryl methyl sites for hydroxylation is 1. The minimum Gasteiger partial charge on any atom is -0.486 e. The monoisotopic (exact) mass is 407 g/mol. The molecule has 7 nitrogen and oxygen atoms in total. The van der Waals surface area contributed by atoms with E-state index in [0.29, 0.717) is 35.2 Å². The molecule has 3 aromatic rings. The van der Waals surface area contributed by atoms with E-state index in [0.717, 1.165) is 5.56 Å². The minimum atomic E-state index is -0.271. The Morgan fingerprint density at radius 1 is 1.07 bits per heavy atom. The van der Waals surface area contributed by atoms with Crippen LogP contribution in [-0.2, 0) is 6.61 Å². The van der Waals surface area contributed by atoms with Crippen LogP contribution in [0.15, 0.2) is 59.1 Å².